The van der Waals surface area contributed by atoms with E-state index >= 15 is 0 Å². The molecule has 0 saturated carbocycles. The quantitative estimate of drug-likeness (QED) is 0.319. The number of carbonyl (C=O) groups is 1. The summed E-state index contributed by atoms with van der Waals surface area (Å²) in [5.41, 5.74) is 1.76. The van der Waals surface area contributed by atoms with Crippen molar-refractivity contribution >= 4 is 41.0 Å². The third-order valence-electron chi connectivity index (χ3n) is 7.72. The number of halogens is 5. The zero-order chi connectivity index (χ0) is 29.2. The largest absolute Gasteiger partial charge is 0.417 e. The molecule has 1 saturated heterocycles. The lowest BCUT2D eigenvalue weighted by Crippen LogP contribution is -2.47. The molecule has 0 unspecified atom stereocenters. The Morgan fingerprint density at radius 3 is 2.51 bits per heavy atom. The fourth-order valence-electron chi connectivity index (χ4n) is 5.50. The number of carbonyl (C=O) groups excluding carboxylic acids is 1. The molecular weight excluding hydrogens is 574 g/mol. The summed E-state index contributed by atoms with van der Waals surface area (Å²) in [5.74, 6) is 0. The maximum Gasteiger partial charge on any atom is 0.417 e. The Balaban J connectivity index is 1.32. The van der Waals surface area contributed by atoms with Crippen LogP contribution in [0.2, 0.25) is 10.2 Å². The second-order valence-electron chi connectivity index (χ2n) is 10.3. The van der Waals surface area contributed by atoms with E-state index in [2.05, 4.69) is 27.3 Å². The summed E-state index contributed by atoms with van der Waals surface area (Å²) in [6, 6.07) is 14.7. The topological polar surface area (TPSA) is 72.3 Å². The Morgan fingerprint density at radius 2 is 1.85 bits per heavy atom. The standard InChI is InChI=1S/C30H26Cl2F3N5O/c31-25-15-24-26(16-23(25)30(33,34)35)40(28(41)38-18-22-7-10-37-27(32)14-22)19-29(24)8-12-39(13-9-29)11-1-2-20-3-5-21(17-36)6-4-20/h1-7,10,14-16H,8-9,11-13,18-19H2,(H,38,41)/b2-1+. The number of likely N-dealkylation sites (tertiary alicyclic amines) is 1. The number of rotatable bonds is 5. The van der Waals surface area contributed by atoms with Crippen LogP contribution in [0.15, 0.2) is 60.8 Å². The van der Waals surface area contributed by atoms with Gasteiger partial charge in [0.25, 0.3) is 0 Å². The highest BCUT2D eigenvalue weighted by molar-refractivity contribution is 6.31. The van der Waals surface area contributed by atoms with Gasteiger partial charge in [-0.05, 0) is 79.0 Å². The number of hydrogen-bond acceptors (Lipinski definition) is 4. The molecule has 0 atom stereocenters. The number of hydrogen-bond donors (Lipinski definition) is 1. The predicted molar refractivity (Wildman–Crippen MR) is 153 cm³/mol. The maximum atomic E-state index is 13.8. The minimum Gasteiger partial charge on any atom is -0.334 e. The Labute approximate surface area is 246 Å². The first-order chi connectivity index (χ1) is 19.6. The summed E-state index contributed by atoms with van der Waals surface area (Å²) in [6.45, 7) is 2.54. The number of benzene rings is 2. The molecule has 0 bridgehead atoms. The number of amides is 2. The number of nitriles is 1. The number of alkyl halides is 3. The van der Waals surface area contributed by atoms with Crippen LogP contribution in [0.4, 0.5) is 23.7 Å². The Bertz CT molecular complexity index is 1510. The molecular formula is C30H26Cl2F3N5O. The summed E-state index contributed by atoms with van der Waals surface area (Å²) in [5, 5.41) is 11.7. The Hall–Kier alpha value is -3.58. The van der Waals surface area contributed by atoms with Crippen molar-refractivity contribution in [2.75, 3.05) is 31.1 Å². The smallest absolute Gasteiger partial charge is 0.334 e. The van der Waals surface area contributed by atoms with Crippen molar-refractivity contribution in [1.29, 1.82) is 5.26 Å². The maximum absolute atomic E-state index is 13.8. The summed E-state index contributed by atoms with van der Waals surface area (Å²) >= 11 is 12.1. The molecule has 1 aromatic heterocycles. The van der Waals surface area contributed by atoms with Crippen molar-refractivity contribution in [2.24, 2.45) is 0 Å². The zero-order valence-corrected chi connectivity index (χ0v) is 23.4. The van der Waals surface area contributed by atoms with Crippen molar-refractivity contribution < 1.29 is 18.0 Å². The van der Waals surface area contributed by atoms with Crippen LogP contribution in [0.5, 0.6) is 0 Å². The molecule has 1 N–H and O–H groups in total. The molecule has 11 heteroatoms. The van der Waals surface area contributed by atoms with Gasteiger partial charge in [-0.25, -0.2) is 9.78 Å². The monoisotopic (exact) mass is 599 g/mol. The molecule has 2 aromatic carbocycles. The molecule has 3 aromatic rings. The highest BCUT2D eigenvalue weighted by Gasteiger charge is 2.48. The molecule has 0 aliphatic carbocycles. The van der Waals surface area contributed by atoms with Gasteiger partial charge in [0.1, 0.15) is 5.15 Å². The number of nitrogens with zero attached hydrogens (tertiary/aromatic N) is 4. The molecule has 5 rings (SSSR count). The zero-order valence-electron chi connectivity index (χ0n) is 21.9. The van der Waals surface area contributed by atoms with E-state index in [0.29, 0.717) is 43.6 Å². The third-order valence-corrected chi connectivity index (χ3v) is 8.24. The van der Waals surface area contributed by atoms with Crippen LogP contribution in [0.1, 0.15) is 40.7 Å². The van der Waals surface area contributed by atoms with Crippen LogP contribution in [0.25, 0.3) is 6.08 Å². The van der Waals surface area contributed by atoms with Gasteiger partial charge < -0.3 is 5.32 Å². The van der Waals surface area contributed by atoms with Gasteiger partial charge in [0.2, 0.25) is 0 Å². The van der Waals surface area contributed by atoms with Crippen molar-refractivity contribution in [3.63, 3.8) is 0 Å². The van der Waals surface area contributed by atoms with Crippen LogP contribution in [0.3, 0.4) is 0 Å². The second-order valence-corrected chi connectivity index (χ2v) is 11.1. The van der Waals surface area contributed by atoms with E-state index in [-0.39, 0.29) is 29.0 Å². The van der Waals surface area contributed by atoms with E-state index in [1.165, 1.54) is 17.2 Å². The van der Waals surface area contributed by atoms with E-state index < -0.39 is 23.2 Å². The molecule has 2 amide bonds. The van der Waals surface area contributed by atoms with Gasteiger partial charge in [0, 0.05) is 36.9 Å². The number of aromatic nitrogens is 1. The molecule has 212 valence electrons. The average molecular weight is 600 g/mol. The number of fused-ring (bicyclic) bond motifs is 2. The van der Waals surface area contributed by atoms with Crippen molar-refractivity contribution in [3.8, 4) is 6.07 Å². The molecule has 2 aliphatic rings. The number of piperidine rings is 1. The first kappa shape index (κ1) is 28.9. The SMILES string of the molecule is N#Cc1ccc(/C=C/CN2CCC3(CC2)CN(C(=O)NCc2ccnc(Cl)c2)c2cc(C(F)(F)F)c(Cl)cc23)cc1. The van der Waals surface area contributed by atoms with Gasteiger partial charge >= 0.3 is 12.2 Å². The molecule has 0 radical (unpaired) electrons. The van der Waals surface area contributed by atoms with Crippen LogP contribution < -0.4 is 10.2 Å². The summed E-state index contributed by atoms with van der Waals surface area (Å²) in [7, 11) is 0. The summed E-state index contributed by atoms with van der Waals surface area (Å²) in [6.07, 6.45) is 2.25. The van der Waals surface area contributed by atoms with Gasteiger partial charge in [0.05, 0.1) is 22.2 Å². The molecule has 2 aliphatic heterocycles. The van der Waals surface area contributed by atoms with Gasteiger partial charge in [-0.1, -0.05) is 47.5 Å². The summed E-state index contributed by atoms with van der Waals surface area (Å²) < 4.78 is 41.3. The average Bonchev–Trinajstić information content (AvgIpc) is 3.25. The fourth-order valence-corrected chi connectivity index (χ4v) is 5.97. The van der Waals surface area contributed by atoms with Gasteiger partial charge in [-0.2, -0.15) is 18.4 Å². The first-order valence-corrected chi connectivity index (χ1v) is 13.8. The molecule has 41 heavy (non-hydrogen) atoms. The lowest BCUT2D eigenvalue weighted by molar-refractivity contribution is -0.137. The third kappa shape index (κ3) is 6.35. The highest BCUT2D eigenvalue weighted by atomic mass is 35.5. The Morgan fingerprint density at radius 1 is 1.12 bits per heavy atom. The number of nitrogens with one attached hydrogen (secondary N) is 1. The predicted octanol–water partition coefficient (Wildman–Crippen LogP) is 7.06. The van der Waals surface area contributed by atoms with Crippen LogP contribution in [-0.2, 0) is 18.1 Å². The van der Waals surface area contributed by atoms with Crippen LogP contribution >= 0.6 is 23.2 Å². The highest BCUT2D eigenvalue weighted by Crippen LogP contribution is 2.50. The van der Waals surface area contributed by atoms with E-state index in [9.17, 15) is 18.0 Å². The van der Waals surface area contributed by atoms with Crippen molar-refractivity contribution in [1.82, 2.24) is 15.2 Å². The molecule has 3 heterocycles. The molecule has 1 spiro atoms. The van der Waals surface area contributed by atoms with Gasteiger partial charge in [-0.3, -0.25) is 9.80 Å². The Kier molecular flexibility index (Phi) is 8.28. The van der Waals surface area contributed by atoms with Crippen molar-refractivity contribution in [2.45, 2.75) is 31.0 Å². The lowest BCUT2D eigenvalue weighted by Gasteiger charge is -2.39. The van der Waals surface area contributed by atoms with Crippen LogP contribution in [-0.4, -0.2) is 42.1 Å². The number of urea groups is 1. The van der Waals surface area contributed by atoms with E-state index in [1.54, 1.807) is 24.3 Å². The fraction of sp³-hybridized carbons (Fsp3) is 0.300. The number of anilines is 1. The van der Waals surface area contributed by atoms with Crippen molar-refractivity contribution in [3.05, 3.63) is 98.8 Å². The minimum atomic E-state index is -4.65. The first-order valence-electron chi connectivity index (χ1n) is 13.0. The molecule has 1 fully saturated rings. The van der Waals surface area contributed by atoms with E-state index in [4.69, 9.17) is 28.5 Å². The van der Waals surface area contributed by atoms with E-state index in [0.717, 1.165) is 17.2 Å². The van der Waals surface area contributed by atoms with E-state index in [1.807, 2.05) is 18.2 Å². The number of pyridine rings is 1. The molecule has 6 nitrogen and oxygen atoms in total. The normalized spacial score (nSPS) is 16.6. The lowest BCUT2D eigenvalue weighted by atomic mass is 9.74. The van der Waals surface area contributed by atoms with Gasteiger partial charge in [-0.15, -0.1) is 0 Å². The minimum absolute atomic E-state index is 0.152. The summed E-state index contributed by atoms with van der Waals surface area (Å²) in [4.78, 5) is 20.9. The van der Waals surface area contributed by atoms with Crippen LogP contribution in [0, 0.1) is 11.3 Å². The second kappa shape index (κ2) is 11.7. The van der Waals surface area contributed by atoms with Gasteiger partial charge in [0.15, 0.2) is 0 Å².